The molecule has 112 valence electrons. The highest BCUT2D eigenvalue weighted by Gasteiger charge is 2.22. The van der Waals surface area contributed by atoms with Gasteiger partial charge in [0.15, 0.2) is 0 Å². The number of fused-ring (bicyclic) bond motifs is 1. The summed E-state index contributed by atoms with van der Waals surface area (Å²) in [5, 5.41) is 0.481. The SMILES string of the molecule is Cc1ccc(Cn2c(Br)c(C(N)=O)c3c(N)ncnc32)cc1. The predicted molar refractivity (Wildman–Crippen MR) is 88.4 cm³/mol. The molecule has 0 spiro atoms. The van der Waals surface area contributed by atoms with Crippen LogP contribution in [-0.4, -0.2) is 20.4 Å². The highest BCUT2D eigenvalue weighted by atomic mass is 79.9. The smallest absolute Gasteiger partial charge is 0.252 e. The van der Waals surface area contributed by atoms with Crippen molar-refractivity contribution < 1.29 is 4.79 Å². The summed E-state index contributed by atoms with van der Waals surface area (Å²) >= 11 is 3.44. The Labute approximate surface area is 135 Å². The Balaban J connectivity index is 2.21. The number of aromatic nitrogens is 3. The lowest BCUT2D eigenvalue weighted by Gasteiger charge is -2.07. The fourth-order valence-corrected chi connectivity index (χ4v) is 3.10. The summed E-state index contributed by atoms with van der Waals surface area (Å²) in [6, 6.07) is 8.13. The average molecular weight is 360 g/mol. The molecule has 0 bridgehead atoms. The summed E-state index contributed by atoms with van der Waals surface area (Å²) in [6.45, 7) is 2.57. The Morgan fingerprint density at radius 2 is 1.95 bits per heavy atom. The number of rotatable bonds is 3. The van der Waals surface area contributed by atoms with Gasteiger partial charge in [0.05, 0.1) is 17.5 Å². The molecule has 0 fully saturated rings. The standard InChI is InChI=1S/C15H14BrN5O/c1-8-2-4-9(5-3-8)6-21-12(16)10(14(18)22)11-13(17)19-7-20-15(11)21/h2-5,7H,6H2,1H3,(H2,18,22)(H2,17,19,20). The molecule has 0 atom stereocenters. The van der Waals surface area contributed by atoms with Crippen molar-refractivity contribution in [2.45, 2.75) is 13.5 Å². The van der Waals surface area contributed by atoms with E-state index in [0.29, 0.717) is 27.7 Å². The van der Waals surface area contributed by atoms with Gasteiger partial charge in [-0.25, -0.2) is 9.97 Å². The van der Waals surface area contributed by atoms with Crippen LogP contribution in [0.1, 0.15) is 21.5 Å². The van der Waals surface area contributed by atoms with Gasteiger partial charge >= 0.3 is 0 Å². The van der Waals surface area contributed by atoms with Crippen LogP contribution in [0.5, 0.6) is 0 Å². The summed E-state index contributed by atoms with van der Waals surface area (Å²) in [7, 11) is 0. The number of nitrogens with zero attached hydrogens (tertiary/aromatic N) is 3. The Kier molecular flexibility index (Phi) is 3.58. The van der Waals surface area contributed by atoms with Crippen LogP contribution >= 0.6 is 15.9 Å². The van der Waals surface area contributed by atoms with Gasteiger partial charge in [0.25, 0.3) is 5.91 Å². The molecule has 2 aromatic heterocycles. The number of carbonyl (C=O) groups excluding carboxylic acids is 1. The van der Waals surface area contributed by atoms with Gasteiger partial charge in [0.2, 0.25) is 0 Å². The quantitative estimate of drug-likeness (QED) is 0.748. The van der Waals surface area contributed by atoms with E-state index < -0.39 is 5.91 Å². The zero-order valence-corrected chi connectivity index (χ0v) is 13.5. The third kappa shape index (κ3) is 2.33. The summed E-state index contributed by atoms with van der Waals surface area (Å²) in [4.78, 5) is 20.0. The zero-order valence-electron chi connectivity index (χ0n) is 11.9. The fourth-order valence-electron chi connectivity index (χ4n) is 2.41. The number of hydrogen-bond donors (Lipinski definition) is 2. The molecule has 0 aliphatic heterocycles. The number of nitrogens with two attached hydrogens (primary N) is 2. The van der Waals surface area contributed by atoms with Crippen LogP contribution in [0, 0.1) is 6.92 Å². The summed E-state index contributed by atoms with van der Waals surface area (Å²) in [5.74, 6) is -0.330. The molecule has 7 heteroatoms. The number of halogens is 1. The lowest BCUT2D eigenvalue weighted by molar-refractivity contribution is 0.100. The molecule has 0 aliphatic carbocycles. The van der Waals surface area contributed by atoms with Crippen LogP contribution < -0.4 is 11.5 Å². The first kappa shape index (κ1) is 14.5. The van der Waals surface area contributed by atoms with Gasteiger partial charge in [-0.1, -0.05) is 29.8 Å². The summed E-state index contributed by atoms with van der Waals surface area (Å²) in [6.07, 6.45) is 1.38. The van der Waals surface area contributed by atoms with E-state index in [-0.39, 0.29) is 5.82 Å². The molecule has 1 aromatic carbocycles. The molecular formula is C15H14BrN5O. The van der Waals surface area contributed by atoms with E-state index in [1.54, 1.807) is 0 Å². The van der Waals surface area contributed by atoms with E-state index in [4.69, 9.17) is 11.5 Å². The van der Waals surface area contributed by atoms with E-state index in [1.165, 1.54) is 11.9 Å². The molecular weight excluding hydrogens is 346 g/mol. The van der Waals surface area contributed by atoms with Crippen molar-refractivity contribution in [1.82, 2.24) is 14.5 Å². The minimum Gasteiger partial charge on any atom is -0.383 e. The van der Waals surface area contributed by atoms with Crippen LogP contribution in [0.25, 0.3) is 11.0 Å². The maximum atomic E-state index is 11.8. The van der Waals surface area contributed by atoms with Crippen molar-refractivity contribution in [3.63, 3.8) is 0 Å². The van der Waals surface area contributed by atoms with Crippen LogP contribution in [-0.2, 0) is 6.54 Å². The first-order chi connectivity index (χ1) is 10.5. The topological polar surface area (TPSA) is 99.8 Å². The van der Waals surface area contributed by atoms with Gasteiger partial charge in [-0.2, -0.15) is 0 Å². The second-order valence-electron chi connectivity index (χ2n) is 5.06. The number of nitrogen functional groups attached to an aromatic ring is 1. The van der Waals surface area contributed by atoms with Crippen molar-refractivity contribution in [3.8, 4) is 0 Å². The number of benzene rings is 1. The maximum absolute atomic E-state index is 11.8. The van der Waals surface area contributed by atoms with E-state index in [9.17, 15) is 4.79 Å². The van der Waals surface area contributed by atoms with Crippen LogP contribution in [0.2, 0.25) is 0 Å². The number of amides is 1. The molecule has 0 aliphatic rings. The Morgan fingerprint density at radius 3 is 2.59 bits per heavy atom. The van der Waals surface area contributed by atoms with Crippen LogP contribution in [0.15, 0.2) is 35.2 Å². The summed E-state index contributed by atoms with van der Waals surface area (Å²) < 4.78 is 2.42. The Morgan fingerprint density at radius 1 is 1.27 bits per heavy atom. The Bertz CT molecular complexity index is 870. The molecule has 0 unspecified atom stereocenters. The van der Waals surface area contributed by atoms with Gasteiger partial charge in [-0.05, 0) is 28.4 Å². The van der Waals surface area contributed by atoms with Gasteiger partial charge in [-0.15, -0.1) is 0 Å². The molecule has 4 N–H and O–H groups in total. The van der Waals surface area contributed by atoms with Crippen molar-refractivity contribution in [2.75, 3.05) is 5.73 Å². The van der Waals surface area contributed by atoms with Crippen LogP contribution in [0.3, 0.4) is 0 Å². The second-order valence-corrected chi connectivity index (χ2v) is 5.81. The van der Waals surface area contributed by atoms with Crippen molar-refractivity contribution in [1.29, 1.82) is 0 Å². The first-order valence-corrected chi connectivity index (χ1v) is 7.42. The minimum atomic E-state index is -0.568. The molecule has 22 heavy (non-hydrogen) atoms. The number of primary amides is 1. The molecule has 0 radical (unpaired) electrons. The van der Waals surface area contributed by atoms with E-state index in [0.717, 1.165) is 5.56 Å². The summed E-state index contributed by atoms with van der Waals surface area (Å²) in [5.41, 5.74) is 14.5. The van der Waals surface area contributed by atoms with Crippen molar-refractivity contribution in [3.05, 3.63) is 51.9 Å². The molecule has 2 heterocycles. The normalized spacial score (nSPS) is 11.0. The van der Waals surface area contributed by atoms with Gasteiger partial charge in [0, 0.05) is 0 Å². The Hall–Kier alpha value is -2.41. The molecule has 0 saturated carbocycles. The predicted octanol–water partition coefficient (Wildman–Crippen LogP) is 2.23. The number of anilines is 1. The zero-order chi connectivity index (χ0) is 15.9. The van der Waals surface area contributed by atoms with Crippen molar-refractivity contribution in [2.24, 2.45) is 5.73 Å². The van der Waals surface area contributed by atoms with E-state index in [2.05, 4.69) is 25.9 Å². The molecule has 0 saturated heterocycles. The van der Waals surface area contributed by atoms with Crippen molar-refractivity contribution >= 4 is 38.7 Å². The maximum Gasteiger partial charge on any atom is 0.252 e. The lowest BCUT2D eigenvalue weighted by atomic mass is 10.1. The largest absolute Gasteiger partial charge is 0.383 e. The molecule has 1 amide bonds. The highest BCUT2D eigenvalue weighted by molar-refractivity contribution is 9.10. The molecule has 3 rings (SSSR count). The highest BCUT2D eigenvalue weighted by Crippen LogP contribution is 2.32. The number of carbonyl (C=O) groups is 1. The minimum absolute atomic E-state index is 0.238. The lowest BCUT2D eigenvalue weighted by Crippen LogP contribution is -2.12. The average Bonchev–Trinajstić information content (AvgIpc) is 2.76. The monoisotopic (exact) mass is 359 g/mol. The number of hydrogen-bond acceptors (Lipinski definition) is 4. The van der Waals surface area contributed by atoms with E-state index >= 15 is 0 Å². The van der Waals surface area contributed by atoms with Gasteiger partial charge in [-0.3, -0.25) is 4.79 Å². The third-order valence-corrected chi connectivity index (χ3v) is 4.34. The van der Waals surface area contributed by atoms with E-state index in [1.807, 2.05) is 35.8 Å². The molecule has 6 nitrogen and oxygen atoms in total. The third-order valence-electron chi connectivity index (χ3n) is 3.51. The van der Waals surface area contributed by atoms with Crippen LogP contribution in [0.4, 0.5) is 5.82 Å². The first-order valence-electron chi connectivity index (χ1n) is 6.62. The van der Waals surface area contributed by atoms with Gasteiger partial charge in [0.1, 0.15) is 22.4 Å². The fraction of sp³-hybridized carbons (Fsp3) is 0.133. The van der Waals surface area contributed by atoms with Gasteiger partial charge < -0.3 is 16.0 Å². The second kappa shape index (κ2) is 5.42. The number of aryl methyl sites for hydroxylation is 1. The molecule has 3 aromatic rings.